The summed E-state index contributed by atoms with van der Waals surface area (Å²) >= 11 is 0. The molecule has 0 amide bonds. The molecule has 1 N–H and O–H groups in total. The van der Waals surface area contributed by atoms with Gasteiger partial charge in [0.2, 0.25) is 10.0 Å². The summed E-state index contributed by atoms with van der Waals surface area (Å²) in [6, 6.07) is 3.67. The lowest BCUT2D eigenvalue weighted by molar-refractivity contribution is 0.368. The molecule has 1 rings (SSSR count). The summed E-state index contributed by atoms with van der Waals surface area (Å²) in [6.45, 7) is 4.17. The van der Waals surface area contributed by atoms with Gasteiger partial charge in [0.05, 0.1) is 18.5 Å². The molecule has 0 unspecified atom stereocenters. The Kier molecular flexibility index (Phi) is 7.05. The number of aromatic nitrogens is 1. The minimum absolute atomic E-state index is 0.113. The second-order valence-electron chi connectivity index (χ2n) is 4.27. The van der Waals surface area contributed by atoms with Crippen molar-refractivity contribution < 1.29 is 13.2 Å². The van der Waals surface area contributed by atoms with Crippen molar-refractivity contribution in [3.63, 3.8) is 0 Å². The molecule has 20 heavy (non-hydrogen) atoms. The van der Waals surface area contributed by atoms with Crippen molar-refractivity contribution in [1.82, 2.24) is 9.71 Å². The molecule has 0 radical (unpaired) electrons. The van der Waals surface area contributed by atoms with Crippen LogP contribution in [-0.4, -0.2) is 32.3 Å². The van der Waals surface area contributed by atoms with Crippen molar-refractivity contribution in [2.24, 2.45) is 0 Å². The number of unbranched alkanes of at least 4 members (excludes halogenated alkanes) is 1. The second-order valence-corrected chi connectivity index (χ2v) is 6.20. The zero-order valence-electron chi connectivity index (χ0n) is 11.8. The van der Waals surface area contributed by atoms with Gasteiger partial charge in [0.1, 0.15) is 12.4 Å². The fourth-order valence-corrected chi connectivity index (χ4v) is 2.43. The summed E-state index contributed by atoms with van der Waals surface area (Å²) in [6.07, 6.45) is 3.14. The third-order valence-corrected chi connectivity index (χ3v) is 3.88. The molecule has 1 heterocycles. The van der Waals surface area contributed by atoms with E-state index in [2.05, 4.69) is 21.5 Å². The Hall–Kier alpha value is -1.58. The molecular weight excluding hydrogens is 276 g/mol. The number of nitrogens with one attached hydrogen (secondary N) is 1. The van der Waals surface area contributed by atoms with Crippen LogP contribution in [-0.2, 0) is 10.0 Å². The predicted octanol–water partition coefficient (Wildman–Crippen LogP) is 1.49. The SMILES string of the molecule is CCCCS(=O)(=O)NCC#CCOc1ccc(C)nc1. The number of ether oxygens (including phenoxy) is 1. The zero-order valence-corrected chi connectivity index (χ0v) is 12.7. The fourth-order valence-electron chi connectivity index (χ4n) is 1.33. The van der Waals surface area contributed by atoms with Crippen molar-refractivity contribution >= 4 is 10.0 Å². The lowest BCUT2D eigenvalue weighted by atomic mass is 10.4. The van der Waals surface area contributed by atoms with E-state index in [0.29, 0.717) is 12.2 Å². The molecule has 0 aliphatic heterocycles. The third kappa shape index (κ3) is 7.12. The van der Waals surface area contributed by atoms with Gasteiger partial charge in [-0.05, 0) is 25.5 Å². The van der Waals surface area contributed by atoms with Gasteiger partial charge in [-0.3, -0.25) is 4.98 Å². The monoisotopic (exact) mass is 296 g/mol. The zero-order chi connectivity index (χ0) is 14.8. The molecule has 0 aliphatic carbocycles. The lowest BCUT2D eigenvalue weighted by Crippen LogP contribution is -2.26. The van der Waals surface area contributed by atoms with Crippen LogP contribution in [0.4, 0.5) is 0 Å². The van der Waals surface area contributed by atoms with Gasteiger partial charge in [0, 0.05) is 5.69 Å². The average molecular weight is 296 g/mol. The van der Waals surface area contributed by atoms with E-state index >= 15 is 0 Å². The molecular formula is C14H20N2O3S. The van der Waals surface area contributed by atoms with Gasteiger partial charge >= 0.3 is 0 Å². The second kappa shape index (κ2) is 8.56. The number of pyridine rings is 1. The van der Waals surface area contributed by atoms with Crippen LogP contribution in [0.2, 0.25) is 0 Å². The standard InChI is InChI=1S/C14H20N2O3S/c1-3-4-11-20(17,18)16-9-5-6-10-19-14-8-7-13(2)15-12-14/h7-8,12,16H,3-4,9-11H2,1-2H3. The largest absolute Gasteiger partial charge is 0.479 e. The van der Waals surface area contributed by atoms with Crippen LogP contribution >= 0.6 is 0 Å². The minimum atomic E-state index is -3.19. The molecule has 0 bridgehead atoms. The minimum Gasteiger partial charge on any atom is -0.479 e. The molecule has 6 heteroatoms. The maximum Gasteiger partial charge on any atom is 0.212 e. The first-order valence-corrected chi connectivity index (χ1v) is 8.17. The summed E-state index contributed by atoms with van der Waals surface area (Å²) in [5, 5.41) is 0. The van der Waals surface area contributed by atoms with E-state index < -0.39 is 10.0 Å². The Labute approximate surface area is 120 Å². The highest BCUT2D eigenvalue weighted by molar-refractivity contribution is 7.89. The van der Waals surface area contributed by atoms with Gasteiger partial charge in [0.25, 0.3) is 0 Å². The smallest absolute Gasteiger partial charge is 0.212 e. The van der Waals surface area contributed by atoms with E-state index in [4.69, 9.17) is 4.74 Å². The van der Waals surface area contributed by atoms with Crippen LogP contribution in [0.1, 0.15) is 25.5 Å². The lowest BCUT2D eigenvalue weighted by Gasteiger charge is -2.02. The van der Waals surface area contributed by atoms with Crippen molar-refractivity contribution in [3.05, 3.63) is 24.0 Å². The summed E-state index contributed by atoms with van der Waals surface area (Å²) in [5.74, 6) is 6.26. The summed E-state index contributed by atoms with van der Waals surface area (Å²) in [4.78, 5) is 4.09. The van der Waals surface area contributed by atoms with Crippen molar-refractivity contribution in [2.45, 2.75) is 26.7 Å². The summed E-state index contributed by atoms with van der Waals surface area (Å²) < 4.78 is 30.7. The van der Waals surface area contributed by atoms with Gasteiger partial charge in [-0.25, -0.2) is 13.1 Å². The molecule has 0 saturated heterocycles. The van der Waals surface area contributed by atoms with Crippen molar-refractivity contribution in [1.29, 1.82) is 0 Å². The van der Waals surface area contributed by atoms with Crippen LogP contribution in [0, 0.1) is 18.8 Å². The van der Waals surface area contributed by atoms with Gasteiger partial charge in [-0.2, -0.15) is 0 Å². The molecule has 110 valence electrons. The first kappa shape index (κ1) is 16.5. The van der Waals surface area contributed by atoms with Crippen LogP contribution in [0.5, 0.6) is 5.75 Å². The van der Waals surface area contributed by atoms with Gasteiger partial charge in [0.15, 0.2) is 0 Å². The maximum atomic E-state index is 11.5. The Balaban J connectivity index is 2.25. The van der Waals surface area contributed by atoms with E-state index in [9.17, 15) is 8.42 Å². The van der Waals surface area contributed by atoms with E-state index in [1.54, 1.807) is 6.20 Å². The quantitative estimate of drug-likeness (QED) is 0.774. The van der Waals surface area contributed by atoms with Gasteiger partial charge in [-0.15, -0.1) is 0 Å². The summed E-state index contributed by atoms with van der Waals surface area (Å²) in [7, 11) is -3.19. The van der Waals surface area contributed by atoms with Crippen molar-refractivity contribution in [2.75, 3.05) is 18.9 Å². The van der Waals surface area contributed by atoms with Gasteiger partial charge < -0.3 is 4.74 Å². The topological polar surface area (TPSA) is 68.3 Å². The van der Waals surface area contributed by atoms with Gasteiger partial charge in [-0.1, -0.05) is 25.2 Å². The highest BCUT2D eigenvalue weighted by Crippen LogP contribution is 2.07. The van der Waals surface area contributed by atoms with E-state index in [1.165, 1.54) is 0 Å². The number of sulfonamides is 1. The summed E-state index contributed by atoms with van der Waals surface area (Å²) in [5.41, 5.74) is 0.921. The van der Waals surface area contributed by atoms with E-state index in [-0.39, 0.29) is 18.9 Å². The molecule has 0 aromatic carbocycles. The number of hydrogen-bond acceptors (Lipinski definition) is 4. The van der Waals surface area contributed by atoms with Crippen LogP contribution < -0.4 is 9.46 Å². The molecule has 0 saturated carbocycles. The Bertz CT molecular complexity index is 556. The molecule has 5 nitrogen and oxygen atoms in total. The third-order valence-electron chi connectivity index (χ3n) is 2.47. The molecule has 0 atom stereocenters. The van der Waals surface area contributed by atoms with Crippen LogP contribution in [0.25, 0.3) is 0 Å². The molecule has 0 fully saturated rings. The molecule has 1 aromatic heterocycles. The van der Waals surface area contributed by atoms with Crippen LogP contribution in [0.15, 0.2) is 18.3 Å². The fraction of sp³-hybridized carbons (Fsp3) is 0.500. The number of rotatable bonds is 7. The highest BCUT2D eigenvalue weighted by Gasteiger charge is 2.06. The van der Waals surface area contributed by atoms with E-state index in [0.717, 1.165) is 12.1 Å². The Morgan fingerprint density at radius 1 is 1.35 bits per heavy atom. The van der Waals surface area contributed by atoms with E-state index in [1.807, 2.05) is 26.0 Å². The highest BCUT2D eigenvalue weighted by atomic mass is 32.2. The molecule has 0 aliphatic rings. The first-order chi connectivity index (χ1) is 9.53. The maximum absolute atomic E-state index is 11.5. The number of nitrogens with zero attached hydrogens (tertiary/aromatic N) is 1. The predicted molar refractivity (Wildman–Crippen MR) is 78.9 cm³/mol. The first-order valence-electron chi connectivity index (χ1n) is 6.52. The number of aryl methyl sites for hydroxylation is 1. The number of hydrogen-bond donors (Lipinski definition) is 1. The average Bonchev–Trinajstić information content (AvgIpc) is 2.42. The van der Waals surface area contributed by atoms with Crippen molar-refractivity contribution in [3.8, 4) is 17.6 Å². The normalized spacial score (nSPS) is 10.7. The molecule has 1 aromatic rings. The Morgan fingerprint density at radius 3 is 2.80 bits per heavy atom. The molecule has 0 spiro atoms. The van der Waals surface area contributed by atoms with Crippen LogP contribution in [0.3, 0.4) is 0 Å². The Morgan fingerprint density at radius 2 is 2.15 bits per heavy atom.